The van der Waals surface area contributed by atoms with Gasteiger partial charge in [0.1, 0.15) is 0 Å². The van der Waals surface area contributed by atoms with Gasteiger partial charge >= 0.3 is 0 Å². The number of rotatable bonds is 5. The van der Waals surface area contributed by atoms with E-state index < -0.39 is 0 Å². The molecular formula is C17H28N2O. The molecule has 1 unspecified atom stereocenters. The molecule has 3 nitrogen and oxygen atoms in total. The lowest BCUT2D eigenvalue weighted by atomic mass is 9.74. The summed E-state index contributed by atoms with van der Waals surface area (Å²) < 4.78 is 5.95. The summed E-state index contributed by atoms with van der Waals surface area (Å²) in [5.41, 5.74) is 5.58. The van der Waals surface area contributed by atoms with Gasteiger partial charge in [-0.1, -0.05) is 31.2 Å². The molecule has 0 amide bonds. The summed E-state index contributed by atoms with van der Waals surface area (Å²) in [5.74, 6) is 6.67. The molecule has 3 N–H and O–H groups in total. The highest BCUT2D eigenvalue weighted by Crippen LogP contribution is 2.37. The minimum atomic E-state index is -0.121. The maximum Gasteiger partial charge on any atom is 0.0847 e. The summed E-state index contributed by atoms with van der Waals surface area (Å²) in [4.78, 5) is 0. The number of benzene rings is 1. The molecule has 0 aromatic heterocycles. The molecule has 112 valence electrons. The number of hydrogen-bond acceptors (Lipinski definition) is 3. The van der Waals surface area contributed by atoms with E-state index in [2.05, 4.69) is 43.5 Å². The van der Waals surface area contributed by atoms with Crippen LogP contribution >= 0.6 is 0 Å². The number of methoxy groups -OCH3 is 1. The Bertz CT molecular complexity index is 425. The van der Waals surface area contributed by atoms with Crippen molar-refractivity contribution in [3.8, 4) is 0 Å². The van der Waals surface area contributed by atoms with Gasteiger partial charge in [-0.2, -0.15) is 0 Å². The Hall–Kier alpha value is -0.900. The second kappa shape index (κ2) is 6.70. The topological polar surface area (TPSA) is 47.3 Å². The molecule has 1 fully saturated rings. The van der Waals surface area contributed by atoms with Crippen LogP contribution in [0.5, 0.6) is 0 Å². The molecular weight excluding hydrogens is 248 g/mol. The van der Waals surface area contributed by atoms with E-state index in [1.807, 2.05) is 7.11 Å². The third kappa shape index (κ3) is 3.22. The van der Waals surface area contributed by atoms with E-state index in [0.29, 0.717) is 0 Å². The van der Waals surface area contributed by atoms with Gasteiger partial charge in [-0.3, -0.25) is 11.3 Å². The number of aryl methyl sites for hydroxylation is 1. The standard InChI is InChI=1S/C17H28N2O/c1-13-8-10-17(20-3,11-9-13)16(19-18)12-15-7-5-4-6-14(15)2/h4-7,13,16,19H,8-12,18H2,1-3H3. The minimum absolute atomic E-state index is 0.121. The molecule has 0 spiro atoms. The predicted molar refractivity (Wildman–Crippen MR) is 83.4 cm³/mol. The first-order valence-electron chi connectivity index (χ1n) is 7.67. The third-order valence-corrected chi connectivity index (χ3v) is 5.05. The van der Waals surface area contributed by atoms with Crippen molar-refractivity contribution < 1.29 is 4.74 Å². The van der Waals surface area contributed by atoms with Gasteiger partial charge in [-0.25, -0.2) is 0 Å². The SMILES string of the molecule is COC1(C(Cc2ccccc2C)NN)CCC(C)CC1. The van der Waals surface area contributed by atoms with Crippen molar-refractivity contribution in [2.24, 2.45) is 11.8 Å². The Labute approximate surface area is 122 Å². The van der Waals surface area contributed by atoms with Crippen molar-refractivity contribution in [3.05, 3.63) is 35.4 Å². The summed E-state index contributed by atoms with van der Waals surface area (Å²) in [7, 11) is 1.83. The van der Waals surface area contributed by atoms with Gasteiger partial charge in [-0.05, 0) is 56.1 Å². The van der Waals surface area contributed by atoms with Gasteiger partial charge in [0.25, 0.3) is 0 Å². The molecule has 0 saturated heterocycles. The highest BCUT2D eigenvalue weighted by Gasteiger charge is 2.41. The fraction of sp³-hybridized carbons (Fsp3) is 0.647. The molecule has 20 heavy (non-hydrogen) atoms. The van der Waals surface area contributed by atoms with E-state index in [4.69, 9.17) is 10.6 Å². The molecule has 0 aliphatic heterocycles. The zero-order valence-corrected chi connectivity index (χ0v) is 13.0. The van der Waals surface area contributed by atoms with Crippen LogP contribution < -0.4 is 11.3 Å². The third-order valence-electron chi connectivity index (χ3n) is 5.05. The molecule has 0 heterocycles. The van der Waals surface area contributed by atoms with E-state index in [1.54, 1.807) is 0 Å². The lowest BCUT2D eigenvalue weighted by molar-refractivity contribution is -0.0746. The molecule has 1 aromatic rings. The first-order chi connectivity index (χ1) is 9.61. The Morgan fingerprint density at radius 3 is 2.55 bits per heavy atom. The normalized spacial score (nSPS) is 28.3. The smallest absolute Gasteiger partial charge is 0.0847 e. The zero-order chi connectivity index (χ0) is 14.6. The van der Waals surface area contributed by atoms with Gasteiger partial charge in [0.05, 0.1) is 11.6 Å². The van der Waals surface area contributed by atoms with Crippen LogP contribution in [0.3, 0.4) is 0 Å². The van der Waals surface area contributed by atoms with Gasteiger partial charge < -0.3 is 4.74 Å². The molecule has 0 radical (unpaired) electrons. The van der Waals surface area contributed by atoms with Crippen LogP contribution in [-0.2, 0) is 11.2 Å². The molecule has 1 aromatic carbocycles. The lowest BCUT2D eigenvalue weighted by Gasteiger charge is -2.44. The Kier molecular flexibility index (Phi) is 5.19. The zero-order valence-electron chi connectivity index (χ0n) is 13.0. The number of hydrazine groups is 1. The average molecular weight is 276 g/mol. The van der Waals surface area contributed by atoms with Gasteiger partial charge in [0.15, 0.2) is 0 Å². The van der Waals surface area contributed by atoms with Crippen molar-refractivity contribution in [2.45, 2.75) is 57.6 Å². The number of ether oxygens (including phenoxy) is 1. The van der Waals surface area contributed by atoms with E-state index in [9.17, 15) is 0 Å². The van der Waals surface area contributed by atoms with Crippen LogP contribution in [-0.4, -0.2) is 18.8 Å². The van der Waals surface area contributed by atoms with Crippen molar-refractivity contribution in [1.82, 2.24) is 5.43 Å². The molecule has 1 atom stereocenters. The fourth-order valence-electron chi connectivity index (χ4n) is 3.40. The number of hydrogen-bond donors (Lipinski definition) is 2. The molecule has 0 bridgehead atoms. The second-order valence-corrected chi connectivity index (χ2v) is 6.30. The largest absolute Gasteiger partial charge is 0.377 e. The summed E-state index contributed by atoms with van der Waals surface area (Å²) >= 11 is 0. The van der Waals surface area contributed by atoms with Gasteiger partial charge in [0, 0.05) is 7.11 Å². The molecule has 3 heteroatoms. The molecule has 2 rings (SSSR count). The number of nitrogens with two attached hydrogens (primary N) is 1. The Morgan fingerprint density at radius 2 is 2.00 bits per heavy atom. The summed E-state index contributed by atoms with van der Waals surface area (Å²) in [6.07, 6.45) is 5.54. The minimum Gasteiger partial charge on any atom is -0.377 e. The predicted octanol–water partition coefficient (Wildman–Crippen LogP) is 2.96. The van der Waals surface area contributed by atoms with Crippen molar-refractivity contribution in [1.29, 1.82) is 0 Å². The van der Waals surface area contributed by atoms with Crippen LogP contribution in [0.1, 0.15) is 43.7 Å². The highest BCUT2D eigenvalue weighted by molar-refractivity contribution is 5.27. The highest BCUT2D eigenvalue weighted by atomic mass is 16.5. The van der Waals surface area contributed by atoms with E-state index in [1.165, 1.54) is 24.0 Å². The molecule has 1 aliphatic rings. The molecule has 1 aliphatic carbocycles. The van der Waals surface area contributed by atoms with Crippen molar-refractivity contribution >= 4 is 0 Å². The summed E-state index contributed by atoms with van der Waals surface area (Å²) in [6.45, 7) is 4.48. The van der Waals surface area contributed by atoms with Crippen molar-refractivity contribution in [3.63, 3.8) is 0 Å². The molecule has 1 saturated carbocycles. The van der Waals surface area contributed by atoms with E-state index in [-0.39, 0.29) is 11.6 Å². The van der Waals surface area contributed by atoms with Gasteiger partial charge in [0.2, 0.25) is 0 Å². The maximum absolute atomic E-state index is 5.95. The Balaban J connectivity index is 2.16. The summed E-state index contributed by atoms with van der Waals surface area (Å²) in [5, 5.41) is 0. The Morgan fingerprint density at radius 1 is 1.35 bits per heavy atom. The monoisotopic (exact) mass is 276 g/mol. The van der Waals surface area contributed by atoms with Crippen LogP contribution in [0.15, 0.2) is 24.3 Å². The van der Waals surface area contributed by atoms with Crippen molar-refractivity contribution in [2.75, 3.05) is 7.11 Å². The lowest BCUT2D eigenvalue weighted by Crippen LogP contribution is -2.57. The van der Waals surface area contributed by atoms with Crippen LogP contribution in [0.4, 0.5) is 0 Å². The first-order valence-corrected chi connectivity index (χ1v) is 7.67. The van der Waals surface area contributed by atoms with E-state index in [0.717, 1.165) is 25.2 Å². The quantitative estimate of drug-likeness (QED) is 0.642. The summed E-state index contributed by atoms with van der Waals surface area (Å²) in [6, 6.07) is 8.69. The van der Waals surface area contributed by atoms with Crippen LogP contribution in [0.2, 0.25) is 0 Å². The first kappa shape index (κ1) is 15.5. The van der Waals surface area contributed by atoms with Crippen LogP contribution in [0, 0.1) is 12.8 Å². The van der Waals surface area contributed by atoms with Gasteiger partial charge in [-0.15, -0.1) is 0 Å². The van der Waals surface area contributed by atoms with Crippen LogP contribution in [0.25, 0.3) is 0 Å². The average Bonchev–Trinajstić information content (AvgIpc) is 2.48. The fourth-order valence-corrected chi connectivity index (χ4v) is 3.40. The van der Waals surface area contributed by atoms with E-state index >= 15 is 0 Å². The number of nitrogens with one attached hydrogen (secondary N) is 1. The second-order valence-electron chi connectivity index (χ2n) is 6.30. The maximum atomic E-state index is 5.95.